The monoisotopic (exact) mass is 461 g/mol. The summed E-state index contributed by atoms with van der Waals surface area (Å²) in [5.74, 6) is 1.42. The Morgan fingerprint density at radius 1 is 1.35 bits per heavy atom. The first-order valence-corrected chi connectivity index (χ1v) is 12.0. The van der Waals surface area contributed by atoms with E-state index in [-0.39, 0.29) is 17.9 Å². The van der Waals surface area contributed by atoms with E-state index in [0.717, 1.165) is 36.3 Å². The SMILES string of the molecule is C/C=C\N=C(C)C1=CC2CN(C(=O)/C=C/c3cnc4c(c3)CN3CCOCC3C(=O)N4)CC2C1. The van der Waals surface area contributed by atoms with Crippen LogP contribution in [0.4, 0.5) is 5.82 Å². The number of hydrogen-bond donors (Lipinski definition) is 1. The van der Waals surface area contributed by atoms with Crippen molar-refractivity contribution < 1.29 is 14.3 Å². The quantitative estimate of drug-likeness (QED) is 0.550. The van der Waals surface area contributed by atoms with E-state index in [4.69, 9.17) is 4.74 Å². The second kappa shape index (κ2) is 9.64. The highest BCUT2D eigenvalue weighted by Gasteiger charge is 2.38. The van der Waals surface area contributed by atoms with E-state index >= 15 is 0 Å². The molecule has 178 valence electrons. The molecule has 3 unspecified atom stereocenters. The average Bonchev–Trinajstić information content (AvgIpc) is 3.38. The number of aromatic nitrogens is 1. The summed E-state index contributed by atoms with van der Waals surface area (Å²) in [4.78, 5) is 38.4. The van der Waals surface area contributed by atoms with Crippen molar-refractivity contribution in [2.75, 3.05) is 38.2 Å². The molecule has 0 bridgehead atoms. The van der Waals surface area contributed by atoms with Gasteiger partial charge in [0.05, 0.1) is 13.2 Å². The van der Waals surface area contributed by atoms with Crippen LogP contribution in [0.2, 0.25) is 0 Å². The van der Waals surface area contributed by atoms with Crippen molar-refractivity contribution in [1.82, 2.24) is 14.8 Å². The van der Waals surface area contributed by atoms with Crippen molar-refractivity contribution in [2.45, 2.75) is 32.9 Å². The molecule has 2 saturated heterocycles. The second-order valence-electron chi connectivity index (χ2n) is 9.42. The first-order chi connectivity index (χ1) is 16.5. The predicted octanol–water partition coefficient (Wildman–Crippen LogP) is 2.65. The molecule has 3 atom stereocenters. The topological polar surface area (TPSA) is 87.1 Å². The number of likely N-dealkylation sites (tertiary alicyclic amines) is 1. The molecule has 8 heteroatoms. The van der Waals surface area contributed by atoms with Crippen LogP contribution >= 0.6 is 0 Å². The first kappa shape index (κ1) is 22.7. The number of rotatable bonds is 4. The van der Waals surface area contributed by atoms with E-state index in [0.29, 0.717) is 44.0 Å². The highest BCUT2D eigenvalue weighted by atomic mass is 16.5. The van der Waals surface area contributed by atoms with Crippen LogP contribution in [-0.4, -0.2) is 71.2 Å². The molecular weight excluding hydrogens is 430 g/mol. The van der Waals surface area contributed by atoms with E-state index in [2.05, 4.69) is 33.2 Å². The van der Waals surface area contributed by atoms with Crippen LogP contribution in [0.3, 0.4) is 0 Å². The highest BCUT2D eigenvalue weighted by molar-refractivity contribution is 5.99. The summed E-state index contributed by atoms with van der Waals surface area (Å²) >= 11 is 0. The van der Waals surface area contributed by atoms with Crippen LogP contribution in [-0.2, 0) is 20.9 Å². The van der Waals surface area contributed by atoms with Gasteiger partial charge in [0.1, 0.15) is 11.9 Å². The summed E-state index contributed by atoms with van der Waals surface area (Å²) in [5, 5.41) is 2.92. The van der Waals surface area contributed by atoms with Crippen LogP contribution < -0.4 is 5.32 Å². The number of carbonyl (C=O) groups is 2. The lowest BCUT2D eigenvalue weighted by Gasteiger charge is -2.32. The molecule has 5 rings (SSSR count). The molecule has 3 aliphatic heterocycles. The normalized spacial score (nSPS) is 27.4. The Balaban J connectivity index is 1.23. The van der Waals surface area contributed by atoms with Crippen LogP contribution in [0.25, 0.3) is 6.08 Å². The van der Waals surface area contributed by atoms with Gasteiger partial charge in [-0.3, -0.25) is 19.5 Å². The average molecular weight is 462 g/mol. The molecule has 0 aromatic carbocycles. The van der Waals surface area contributed by atoms with Gasteiger partial charge in [-0.15, -0.1) is 0 Å². The Morgan fingerprint density at radius 3 is 3.06 bits per heavy atom. The number of nitrogens with zero attached hydrogens (tertiary/aromatic N) is 4. The summed E-state index contributed by atoms with van der Waals surface area (Å²) < 4.78 is 5.47. The third kappa shape index (κ3) is 4.60. The van der Waals surface area contributed by atoms with Crippen LogP contribution in [0.5, 0.6) is 0 Å². The molecule has 0 radical (unpaired) electrons. The largest absolute Gasteiger partial charge is 0.378 e. The smallest absolute Gasteiger partial charge is 0.246 e. The Morgan fingerprint density at radius 2 is 2.24 bits per heavy atom. The molecule has 8 nitrogen and oxygen atoms in total. The number of fused-ring (bicyclic) bond motifs is 3. The first-order valence-electron chi connectivity index (χ1n) is 12.0. The van der Waals surface area contributed by atoms with Crippen LogP contribution in [0.15, 0.2) is 47.3 Å². The van der Waals surface area contributed by atoms with E-state index < -0.39 is 0 Å². The third-order valence-corrected chi connectivity index (χ3v) is 7.15. The third-order valence-electron chi connectivity index (χ3n) is 7.15. The second-order valence-corrected chi connectivity index (χ2v) is 9.42. The van der Waals surface area contributed by atoms with E-state index in [1.807, 2.05) is 36.2 Å². The zero-order valence-electron chi connectivity index (χ0n) is 19.7. The Hall–Kier alpha value is -3.10. The molecule has 0 spiro atoms. The lowest BCUT2D eigenvalue weighted by molar-refractivity contribution is -0.127. The maximum Gasteiger partial charge on any atom is 0.246 e. The summed E-state index contributed by atoms with van der Waals surface area (Å²) in [7, 11) is 0. The van der Waals surface area contributed by atoms with Crippen LogP contribution in [0, 0.1) is 11.8 Å². The molecule has 1 aromatic rings. The Labute approximate surface area is 200 Å². The fourth-order valence-corrected chi connectivity index (χ4v) is 5.24. The molecule has 0 saturated carbocycles. The molecule has 4 heterocycles. The van der Waals surface area contributed by atoms with Crippen molar-refractivity contribution in [1.29, 1.82) is 0 Å². The summed E-state index contributed by atoms with van der Waals surface area (Å²) in [6.45, 7) is 7.91. The van der Waals surface area contributed by atoms with Gasteiger partial charge in [-0.05, 0) is 55.4 Å². The summed E-state index contributed by atoms with van der Waals surface area (Å²) in [6, 6.07) is 1.72. The Bertz CT molecular complexity index is 1110. The number of ether oxygens (including phenoxy) is 1. The molecule has 2 amide bonds. The van der Waals surface area contributed by atoms with E-state index in [1.165, 1.54) is 5.57 Å². The standard InChI is InChI=1S/C26H31N5O3/c1-3-6-27-17(2)19-10-20-13-31(14-21(20)11-19)24(32)5-4-18-9-22-15-30-7-8-34-16-23(30)26(33)29-25(22)28-12-18/h3-6,9-10,12,20-21,23H,7-8,11,13-16H2,1-2H3,(H,28,29,33)/b5-4+,6-3-,27-17?. The molecule has 1 N–H and O–H groups in total. The number of nitrogens with one attached hydrogen (secondary N) is 1. The number of pyridine rings is 1. The Kier molecular flexibility index (Phi) is 6.43. The minimum absolute atomic E-state index is 0.0279. The summed E-state index contributed by atoms with van der Waals surface area (Å²) in [6.07, 6.45) is 12.2. The van der Waals surface area contributed by atoms with Crippen molar-refractivity contribution in [3.63, 3.8) is 0 Å². The number of aliphatic imine (C=N–C) groups is 1. The number of amides is 2. The molecule has 4 aliphatic rings. The minimum Gasteiger partial charge on any atom is -0.378 e. The van der Waals surface area contributed by atoms with Gasteiger partial charge < -0.3 is 15.0 Å². The zero-order valence-corrected chi connectivity index (χ0v) is 19.7. The van der Waals surface area contributed by atoms with Crippen molar-refractivity contribution >= 4 is 29.4 Å². The molecular formula is C26H31N5O3. The van der Waals surface area contributed by atoms with Gasteiger partial charge in [-0.1, -0.05) is 12.2 Å². The molecule has 2 fully saturated rings. The fraction of sp³-hybridized carbons (Fsp3) is 0.462. The number of carbonyl (C=O) groups excluding carboxylic acids is 2. The van der Waals surface area contributed by atoms with Crippen molar-refractivity contribution in [2.24, 2.45) is 16.8 Å². The van der Waals surface area contributed by atoms with Gasteiger partial charge in [0.15, 0.2) is 0 Å². The number of allylic oxidation sites excluding steroid dienone is 2. The van der Waals surface area contributed by atoms with Gasteiger partial charge in [0.25, 0.3) is 0 Å². The van der Waals surface area contributed by atoms with Gasteiger partial charge >= 0.3 is 0 Å². The van der Waals surface area contributed by atoms with E-state index in [9.17, 15) is 9.59 Å². The summed E-state index contributed by atoms with van der Waals surface area (Å²) in [5.41, 5.74) is 4.18. The van der Waals surface area contributed by atoms with Gasteiger partial charge in [-0.2, -0.15) is 0 Å². The number of hydrogen-bond acceptors (Lipinski definition) is 6. The van der Waals surface area contributed by atoms with Crippen molar-refractivity contribution in [3.8, 4) is 0 Å². The highest BCUT2D eigenvalue weighted by Crippen LogP contribution is 2.37. The lowest BCUT2D eigenvalue weighted by atomic mass is 9.99. The lowest BCUT2D eigenvalue weighted by Crippen LogP contribution is -2.49. The molecule has 1 aliphatic carbocycles. The number of morpholine rings is 1. The fourth-order valence-electron chi connectivity index (χ4n) is 5.24. The molecule has 1 aromatic heterocycles. The predicted molar refractivity (Wildman–Crippen MR) is 131 cm³/mol. The van der Waals surface area contributed by atoms with Gasteiger partial charge in [0, 0.05) is 55.9 Å². The minimum atomic E-state index is -0.286. The maximum atomic E-state index is 12.9. The van der Waals surface area contributed by atoms with Crippen LogP contribution in [0.1, 0.15) is 31.4 Å². The van der Waals surface area contributed by atoms with Gasteiger partial charge in [-0.25, -0.2) is 4.98 Å². The van der Waals surface area contributed by atoms with Crippen molar-refractivity contribution in [3.05, 3.63) is 53.4 Å². The maximum absolute atomic E-state index is 12.9. The molecule has 34 heavy (non-hydrogen) atoms. The van der Waals surface area contributed by atoms with Gasteiger partial charge in [0.2, 0.25) is 11.8 Å². The number of anilines is 1. The van der Waals surface area contributed by atoms with E-state index in [1.54, 1.807) is 12.3 Å². The zero-order chi connectivity index (χ0) is 23.7.